The van der Waals surface area contributed by atoms with Gasteiger partial charge in [-0.05, 0) is 0 Å². The third-order valence-electron chi connectivity index (χ3n) is 1.63. The third kappa shape index (κ3) is 2.37. The first-order valence-electron chi connectivity index (χ1n) is 3.97. The number of aromatic nitrogens is 2. The highest BCUT2D eigenvalue weighted by Crippen LogP contribution is 2.32. The minimum absolute atomic E-state index is 0.367. The Labute approximate surface area is 99.5 Å². The van der Waals surface area contributed by atoms with Crippen molar-refractivity contribution >= 4 is 41.0 Å². The Kier molecular flexibility index (Phi) is 3.35. The van der Waals surface area contributed by atoms with E-state index >= 15 is 0 Å². The number of carbonyl (C=O) groups is 1. The molecule has 2 aromatic rings. The molecule has 0 atom stereocenters. The first-order chi connectivity index (χ1) is 7.31. The van der Waals surface area contributed by atoms with Crippen LogP contribution in [0, 0.1) is 0 Å². The lowest BCUT2D eigenvalue weighted by Gasteiger charge is -2.02. The molecule has 0 bridgehead atoms. The molecule has 0 aliphatic rings. The van der Waals surface area contributed by atoms with E-state index < -0.39 is 0 Å². The summed E-state index contributed by atoms with van der Waals surface area (Å²) in [5.41, 5.74) is 0.465. The summed E-state index contributed by atoms with van der Waals surface area (Å²) in [5, 5.41) is 2.24. The van der Waals surface area contributed by atoms with Gasteiger partial charge in [-0.1, -0.05) is 23.4 Å². The van der Waals surface area contributed by atoms with Gasteiger partial charge < -0.3 is 0 Å². The largest absolute Gasteiger partial charge is 0.298 e. The highest BCUT2D eigenvalue weighted by Gasteiger charge is 2.09. The van der Waals surface area contributed by atoms with E-state index in [1.54, 1.807) is 12.4 Å². The number of halogens is 1. The van der Waals surface area contributed by atoms with E-state index in [1.807, 2.05) is 5.38 Å². The number of thiazole rings is 1. The second kappa shape index (κ2) is 4.74. The Morgan fingerprint density at radius 1 is 1.47 bits per heavy atom. The SMILES string of the molecule is O=Cc1c(Cl)cncc1Sc1nccs1. The lowest BCUT2D eigenvalue weighted by molar-refractivity contribution is 0.112. The average molecular weight is 257 g/mol. The molecule has 0 unspecified atom stereocenters. The average Bonchev–Trinajstić information content (AvgIpc) is 2.71. The number of aldehydes is 1. The van der Waals surface area contributed by atoms with E-state index in [0.717, 1.165) is 15.5 Å². The fourth-order valence-corrected chi connectivity index (χ4v) is 2.91. The van der Waals surface area contributed by atoms with E-state index in [1.165, 1.54) is 29.3 Å². The van der Waals surface area contributed by atoms with Crippen LogP contribution in [0.5, 0.6) is 0 Å². The fourth-order valence-electron chi connectivity index (χ4n) is 0.978. The van der Waals surface area contributed by atoms with Gasteiger partial charge in [0.2, 0.25) is 0 Å². The van der Waals surface area contributed by atoms with Crippen LogP contribution in [0.4, 0.5) is 0 Å². The zero-order valence-electron chi connectivity index (χ0n) is 7.38. The maximum atomic E-state index is 10.8. The topological polar surface area (TPSA) is 42.9 Å². The van der Waals surface area contributed by atoms with Crippen molar-refractivity contribution < 1.29 is 4.79 Å². The predicted octanol–water partition coefficient (Wildman–Crippen LogP) is 3.16. The van der Waals surface area contributed by atoms with E-state index in [9.17, 15) is 4.79 Å². The number of rotatable bonds is 3. The molecule has 0 fully saturated rings. The van der Waals surface area contributed by atoms with Crippen molar-refractivity contribution in [2.45, 2.75) is 9.24 Å². The minimum atomic E-state index is 0.367. The number of hydrogen-bond donors (Lipinski definition) is 0. The van der Waals surface area contributed by atoms with Gasteiger partial charge in [-0.2, -0.15) is 0 Å². The fraction of sp³-hybridized carbons (Fsp3) is 0. The van der Waals surface area contributed by atoms with E-state index in [4.69, 9.17) is 11.6 Å². The van der Waals surface area contributed by atoms with E-state index in [0.29, 0.717) is 10.6 Å². The molecule has 0 aromatic carbocycles. The molecule has 2 heterocycles. The maximum absolute atomic E-state index is 10.8. The van der Waals surface area contributed by atoms with Crippen molar-refractivity contribution in [1.82, 2.24) is 9.97 Å². The van der Waals surface area contributed by atoms with Crippen molar-refractivity contribution in [3.05, 3.63) is 34.6 Å². The molecule has 76 valence electrons. The van der Waals surface area contributed by atoms with Crippen molar-refractivity contribution in [2.24, 2.45) is 0 Å². The van der Waals surface area contributed by atoms with Crippen molar-refractivity contribution in [3.8, 4) is 0 Å². The van der Waals surface area contributed by atoms with Crippen molar-refractivity contribution in [1.29, 1.82) is 0 Å². The van der Waals surface area contributed by atoms with Crippen LogP contribution < -0.4 is 0 Å². The highest BCUT2D eigenvalue weighted by molar-refractivity contribution is 8.01. The van der Waals surface area contributed by atoms with Crippen LogP contribution in [-0.4, -0.2) is 16.3 Å². The summed E-state index contributed by atoms with van der Waals surface area (Å²) < 4.78 is 0.863. The molecule has 0 aliphatic heterocycles. The summed E-state index contributed by atoms with van der Waals surface area (Å²) in [4.78, 5) is 19.6. The molecule has 6 heteroatoms. The van der Waals surface area contributed by atoms with Gasteiger partial charge in [0.25, 0.3) is 0 Å². The monoisotopic (exact) mass is 256 g/mol. The van der Waals surface area contributed by atoms with Crippen LogP contribution in [0.15, 0.2) is 33.2 Å². The minimum Gasteiger partial charge on any atom is -0.298 e. The first-order valence-corrected chi connectivity index (χ1v) is 6.04. The lowest BCUT2D eigenvalue weighted by Crippen LogP contribution is -1.88. The van der Waals surface area contributed by atoms with Crippen molar-refractivity contribution in [3.63, 3.8) is 0 Å². The van der Waals surface area contributed by atoms with Crippen LogP contribution in [0.25, 0.3) is 0 Å². The van der Waals surface area contributed by atoms with Gasteiger partial charge in [-0.15, -0.1) is 11.3 Å². The quantitative estimate of drug-likeness (QED) is 0.792. The van der Waals surface area contributed by atoms with Crippen LogP contribution in [0.2, 0.25) is 5.02 Å². The Balaban J connectivity index is 2.36. The number of pyridine rings is 1. The van der Waals surface area contributed by atoms with Gasteiger partial charge in [0, 0.05) is 28.9 Å². The Bertz CT molecular complexity index is 473. The normalized spacial score (nSPS) is 10.2. The van der Waals surface area contributed by atoms with Crippen LogP contribution in [-0.2, 0) is 0 Å². The zero-order valence-corrected chi connectivity index (χ0v) is 9.77. The van der Waals surface area contributed by atoms with Gasteiger partial charge in [0.15, 0.2) is 10.6 Å². The Hall–Kier alpha value is -0.910. The Morgan fingerprint density at radius 3 is 3.00 bits per heavy atom. The Morgan fingerprint density at radius 2 is 2.33 bits per heavy atom. The van der Waals surface area contributed by atoms with Crippen molar-refractivity contribution in [2.75, 3.05) is 0 Å². The predicted molar refractivity (Wildman–Crippen MR) is 60.9 cm³/mol. The maximum Gasteiger partial charge on any atom is 0.154 e. The molecule has 0 radical (unpaired) electrons. The molecule has 0 aliphatic carbocycles. The highest BCUT2D eigenvalue weighted by atomic mass is 35.5. The summed E-state index contributed by atoms with van der Waals surface area (Å²) >= 11 is 8.74. The van der Waals surface area contributed by atoms with Gasteiger partial charge in [0.1, 0.15) is 0 Å². The van der Waals surface area contributed by atoms with E-state index in [2.05, 4.69) is 9.97 Å². The molecule has 0 saturated heterocycles. The zero-order chi connectivity index (χ0) is 10.7. The van der Waals surface area contributed by atoms with Crippen LogP contribution >= 0.6 is 34.7 Å². The molecule has 3 nitrogen and oxygen atoms in total. The molecule has 2 rings (SSSR count). The molecule has 0 saturated carbocycles. The second-order valence-corrected chi connectivity index (χ2v) is 5.14. The molecule has 0 amide bonds. The third-order valence-corrected chi connectivity index (χ3v) is 3.86. The molecule has 0 spiro atoms. The molecule has 15 heavy (non-hydrogen) atoms. The summed E-state index contributed by atoms with van der Waals surface area (Å²) in [6.07, 6.45) is 5.52. The van der Waals surface area contributed by atoms with Gasteiger partial charge in [-0.25, -0.2) is 4.98 Å². The molecular formula is C9H5ClN2OS2. The smallest absolute Gasteiger partial charge is 0.154 e. The standard InChI is InChI=1S/C9H5ClN2OS2/c10-7-3-11-4-8(6(7)5-13)15-9-12-1-2-14-9/h1-5H. The number of carbonyl (C=O) groups excluding carboxylic acids is 1. The summed E-state index contributed by atoms with van der Waals surface area (Å²) in [6.45, 7) is 0. The van der Waals surface area contributed by atoms with Crippen LogP contribution in [0.1, 0.15) is 10.4 Å². The summed E-state index contributed by atoms with van der Waals surface area (Å²) in [6, 6.07) is 0. The molecule has 0 N–H and O–H groups in total. The summed E-state index contributed by atoms with van der Waals surface area (Å²) in [5.74, 6) is 0. The number of nitrogens with zero attached hydrogens (tertiary/aromatic N) is 2. The van der Waals surface area contributed by atoms with Gasteiger partial charge in [0.05, 0.1) is 10.6 Å². The van der Waals surface area contributed by atoms with E-state index in [-0.39, 0.29) is 0 Å². The summed E-state index contributed by atoms with van der Waals surface area (Å²) in [7, 11) is 0. The lowest BCUT2D eigenvalue weighted by atomic mass is 10.3. The van der Waals surface area contributed by atoms with Gasteiger partial charge in [-0.3, -0.25) is 9.78 Å². The molecular weight excluding hydrogens is 252 g/mol. The van der Waals surface area contributed by atoms with Gasteiger partial charge >= 0.3 is 0 Å². The molecule has 2 aromatic heterocycles. The number of hydrogen-bond acceptors (Lipinski definition) is 5. The first kappa shape index (κ1) is 10.6. The van der Waals surface area contributed by atoms with Crippen LogP contribution in [0.3, 0.4) is 0 Å². The second-order valence-electron chi connectivity index (χ2n) is 2.55.